The van der Waals surface area contributed by atoms with Crippen LogP contribution in [0.4, 0.5) is 4.39 Å². The molecule has 1 saturated heterocycles. The second kappa shape index (κ2) is 11.3. The molecule has 5 aliphatic rings. The van der Waals surface area contributed by atoms with E-state index in [2.05, 4.69) is 5.32 Å². The highest BCUT2D eigenvalue weighted by Gasteiger charge is 2.80. The third-order valence-electron chi connectivity index (χ3n) is 11.7. The molecule has 3 saturated carbocycles. The van der Waals surface area contributed by atoms with Gasteiger partial charge in [0.2, 0.25) is 0 Å². The fourth-order valence-corrected chi connectivity index (χ4v) is 9.35. The molecule has 9 nitrogen and oxygen atoms in total. The minimum atomic E-state index is -2.05. The highest BCUT2D eigenvalue weighted by atomic mass is 19.1. The predicted molar refractivity (Wildman–Crippen MR) is 165 cm³/mol. The van der Waals surface area contributed by atoms with Gasteiger partial charge in [0.25, 0.3) is 5.91 Å². The Morgan fingerprint density at radius 1 is 1.11 bits per heavy atom. The normalized spacial score (nSPS) is 39.4. The first kappa shape index (κ1) is 32.9. The number of alkyl halides is 1. The Morgan fingerprint density at radius 3 is 2.54 bits per heavy atom. The smallest absolute Gasteiger partial charge is 0.251 e. The van der Waals surface area contributed by atoms with Gasteiger partial charge in [-0.1, -0.05) is 43.7 Å². The molecule has 4 aliphatic carbocycles. The lowest BCUT2D eigenvalue weighted by molar-refractivity contribution is -0.246. The second-order valence-corrected chi connectivity index (χ2v) is 14.7. The largest absolute Gasteiger partial charge is 0.390 e. The monoisotopic (exact) mass is 637 g/mol. The topological polar surface area (TPSA) is 128 Å². The van der Waals surface area contributed by atoms with Crippen molar-refractivity contribution in [2.45, 2.75) is 89.6 Å². The molecular formula is C36H44FNO8. The SMILES string of the molecule is CC(CNC(=O)c1ccccc1)C(=O)COCC(=O)[C@@]12OC(C)(C)O[C@@H]1C[C@H]1[C@@H]3CCC4=CC(=O)C=C[C@]4(C)[C@@]3(F)[C@@H](O)C[C@@]12C. The van der Waals surface area contributed by atoms with Crippen molar-refractivity contribution in [3.8, 4) is 0 Å². The van der Waals surface area contributed by atoms with Crippen LogP contribution in [0.5, 0.6) is 0 Å². The number of ketones is 3. The number of benzene rings is 1. The van der Waals surface area contributed by atoms with E-state index >= 15 is 4.39 Å². The van der Waals surface area contributed by atoms with E-state index in [0.29, 0.717) is 30.4 Å². The molecule has 1 amide bonds. The van der Waals surface area contributed by atoms with E-state index in [4.69, 9.17) is 14.2 Å². The van der Waals surface area contributed by atoms with Crippen LogP contribution in [-0.2, 0) is 28.6 Å². The summed E-state index contributed by atoms with van der Waals surface area (Å²) in [7, 11) is 0. The first-order chi connectivity index (χ1) is 21.6. The fourth-order valence-electron chi connectivity index (χ4n) is 9.35. The number of Topliss-reactive ketones (excluding diaryl/α,β-unsaturated/α-hetero) is 2. The molecule has 1 aliphatic heterocycles. The van der Waals surface area contributed by atoms with Crippen molar-refractivity contribution in [1.29, 1.82) is 0 Å². The van der Waals surface area contributed by atoms with E-state index < -0.39 is 64.3 Å². The third kappa shape index (κ3) is 4.78. The lowest BCUT2D eigenvalue weighted by Crippen LogP contribution is -2.70. The van der Waals surface area contributed by atoms with E-state index in [9.17, 15) is 24.3 Å². The number of allylic oxidation sites excluding steroid dienone is 4. The second-order valence-electron chi connectivity index (χ2n) is 14.7. The third-order valence-corrected chi connectivity index (χ3v) is 11.7. The molecule has 1 aromatic carbocycles. The van der Waals surface area contributed by atoms with Gasteiger partial charge in [-0.05, 0) is 76.7 Å². The molecule has 4 fully saturated rings. The van der Waals surface area contributed by atoms with Crippen LogP contribution in [0.15, 0.2) is 54.1 Å². The number of aliphatic hydroxyl groups excluding tert-OH is 1. The summed E-state index contributed by atoms with van der Waals surface area (Å²) in [6.45, 7) is 8.14. The number of carbonyl (C=O) groups excluding carboxylic acids is 4. The van der Waals surface area contributed by atoms with Crippen molar-refractivity contribution in [2.24, 2.45) is 28.6 Å². The van der Waals surface area contributed by atoms with Crippen molar-refractivity contribution in [3.05, 3.63) is 59.7 Å². The Hall–Kier alpha value is -3.05. The van der Waals surface area contributed by atoms with Crippen molar-refractivity contribution in [3.63, 3.8) is 0 Å². The van der Waals surface area contributed by atoms with Crippen molar-refractivity contribution in [1.82, 2.24) is 5.32 Å². The Bertz CT molecular complexity index is 1510. The number of amides is 1. The summed E-state index contributed by atoms with van der Waals surface area (Å²) in [6, 6.07) is 8.70. The lowest BCUT2D eigenvalue weighted by atomic mass is 9.44. The molecule has 2 N–H and O–H groups in total. The number of ether oxygens (including phenoxy) is 3. The average molecular weight is 638 g/mol. The summed E-state index contributed by atoms with van der Waals surface area (Å²) in [5.41, 5.74) is -4.53. The zero-order valence-electron chi connectivity index (χ0n) is 27.1. The molecule has 0 bridgehead atoms. The van der Waals surface area contributed by atoms with Gasteiger partial charge in [-0.2, -0.15) is 0 Å². The first-order valence-electron chi connectivity index (χ1n) is 16.3. The van der Waals surface area contributed by atoms with Crippen LogP contribution in [0.25, 0.3) is 0 Å². The average Bonchev–Trinajstić information content (AvgIpc) is 3.42. The van der Waals surface area contributed by atoms with Gasteiger partial charge >= 0.3 is 0 Å². The number of hydrogen-bond acceptors (Lipinski definition) is 8. The molecule has 10 heteroatoms. The van der Waals surface area contributed by atoms with Crippen LogP contribution in [-0.4, -0.2) is 77.4 Å². The van der Waals surface area contributed by atoms with Crippen LogP contribution in [0.1, 0.15) is 70.7 Å². The molecule has 0 spiro atoms. The maximum absolute atomic E-state index is 17.6. The Labute approximate surface area is 268 Å². The summed E-state index contributed by atoms with van der Waals surface area (Å²) < 4.78 is 36.1. The van der Waals surface area contributed by atoms with Crippen LogP contribution in [0.3, 0.4) is 0 Å². The summed E-state index contributed by atoms with van der Waals surface area (Å²) in [5, 5.41) is 14.5. The molecule has 1 heterocycles. The fraction of sp³-hybridized carbons (Fsp3) is 0.611. The first-order valence-corrected chi connectivity index (χ1v) is 16.3. The number of nitrogens with one attached hydrogen (secondary N) is 1. The quantitative estimate of drug-likeness (QED) is 0.415. The molecular weight excluding hydrogens is 593 g/mol. The highest BCUT2D eigenvalue weighted by Crippen LogP contribution is 2.72. The summed E-state index contributed by atoms with van der Waals surface area (Å²) in [6.07, 6.45) is 3.60. The van der Waals surface area contributed by atoms with E-state index in [1.165, 1.54) is 12.2 Å². The molecule has 248 valence electrons. The van der Waals surface area contributed by atoms with Crippen LogP contribution < -0.4 is 5.32 Å². The maximum atomic E-state index is 17.6. The minimum Gasteiger partial charge on any atom is -0.390 e. The Balaban J connectivity index is 1.18. The van der Waals surface area contributed by atoms with Crippen LogP contribution in [0, 0.1) is 28.6 Å². The summed E-state index contributed by atoms with van der Waals surface area (Å²) in [4.78, 5) is 51.7. The molecule has 0 radical (unpaired) electrons. The van der Waals surface area contributed by atoms with Crippen molar-refractivity contribution >= 4 is 23.3 Å². The predicted octanol–water partition coefficient (Wildman–Crippen LogP) is 4.08. The number of carbonyl (C=O) groups is 4. The minimum absolute atomic E-state index is 0.0475. The standard InChI is InChI=1S/C36H44FNO8/c1-21(18-38-31(43)22-9-7-6-8-10-22)27(40)19-44-20-29(42)36-30(45-32(2,3)46-36)16-26-25-12-11-23-15-24(39)13-14-33(23,4)35(25,37)28(41)17-34(26,36)5/h6-10,13-15,21,25-26,28,30,41H,11-12,16-20H2,1-5H3,(H,38,43)/t21?,25-,26-,28-,30+,33-,34-,35-,36+/m0/s1. The van der Waals surface area contributed by atoms with Crippen molar-refractivity contribution < 1.29 is 42.9 Å². The number of rotatable bonds is 9. The van der Waals surface area contributed by atoms with Crippen molar-refractivity contribution in [2.75, 3.05) is 19.8 Å². The van der Waals surface area contributed by atoms with E-state index in [-0.39, 0.29) is 43.0 Å². The highest BCUT2D eigenvalue weighted by molar-refractivity contribution is 6.01. The number of fused-ring (bicyclic) bond motifs is 7. The molecule has 9 atom stereocenters. The molecule has 0 aromatic heterocycles. The van der Waals surface area contributed by atoms with Gasteiger partial charge in [0.15, 0.2) is 34.4 Å². The zero-order valence-corrected chi connectivity index (χ0v) is 27.1. The van der Waals surface area contributed by atoms with E-state index in [1.807, 2.05) is 13.0 Å². The lowest BCUT2D eigenvalue weighted by Gasteiger charge is -2.62. The van der Waals surface area contributed by atoms with Crippen LogP contribution >= 0.6 is 0 Å². The number of aliphatic hydroxyl groups is 1. The van der Waals surface area contributed by atoms with Gasteiger partial charge in [0, 0.05) is 34.8 Å². The Kier molecular flexibility index (Phi) is 8.07. The number of hydrogen-bond donors (Lipinski definition) is 2. The summed E-state index contributed by atoms with van der Waals surface area (Å²) in [5.74, 6) is -3.77. The van der Waals surface area contributed by atoms with Gasteiger partial charge in [-0.15, -0.1) is 0 Å². The molecule has 1 unspecified atom stereocenters. The van der Waals surface area contributed by atoms with Crippen LogP contribution in [0.2, 0.25) is 0 Å². The number of halogens is 1. The molecule has 46 heavy (non-hydrogen) atoms. The maximum Gasteiger partial charge on any atom is 0.251 e. The Morgan fingerprint density at radius 2 is 1.83 bits per heavy atom. The molecule has 1 aromatic rings. The van der Waals surface area contributed by atoms with Gasteiger partial charge in [0.1, 0.15) is 13.2 Å². The summed E-state index contributed by atoms with van der Waals surface area (Å²) >= 11 is 0. The van der Waals surface area contributed by atoms with Gasteiger partial charge < -0.3 is 24.6 Å². The van der Waals surface area contributed by atoms with Gasteiger partial charge in [-0.25, -0.2) is 4.39 Å². The molecule has 6 rings (SSSR count). The van der Waals surface area contributed by atoms with E-state index in [1.54, 1.807) is 58.0 Å². The van der Waals surface area contributed by atoms with Gasteiger partial charge in [-0.3, -0.25) is 19.2 Å². The zero-order chi connectivity index (χ0) is 33.3. The van der Waals surface area contributed by atoms with E-state index in [0.717, 1.165) is 0 Å². The van der Waals surface area contributed by atoms with Gasteiger partial charge in [0.05, 0.1) is 12.2 Å².